The molecule has 28 heavy (non-hydrogen) atoms. The molecule has 7 heteroatoms. The zero-order valence-electron chi connectivity index (χ0n) is 16.8. The van der Waals surface area contributed by atoms with Crippen molar-refractivity contribution in [2.75, 3.05) is 26.0 Å². The Morgan fingerprint density at radius 1 is 1.00 bits per heavy atom. The van der Waals surface area contributed by atoms with E-state index in [9.17, 15) is 4.79 Å². The van der Waals surface area contributed by atoms with Crippen LogP contribution in [-0.2, 0) is 17.7 Å². The molecule has 2 aromatic carbocycles. The summed E-state index contributed by atoms with van der Waals surface area (Å²) in [7, 11) is 3.10. The van der Waals surface area contributed by atoms with E-state index in [0.717, 1.165) is 24.5 Å². The fourth-order valence-corrected chi connectivity index (χ4v) is 2.82. The van der Waals surface area contributed by atoms with Crippen LogP contribution in [-0.4, -0.2) is 32.8 Å². The molecule has 152 valence electrons. The SMILES string of the molecule is CN=C(NCCc1cc(C)cc(C)c1)NCc1ccc(NC(=O)OC)cc1.I. The van der Waals surface area contributed by atoms with Crippen molar-refractivity contribution in [3.8, 4) is 0 Å². The molecule has 0 bridgehead atoms. The molecule has 0 radical (unpaired) electrons. The molecule has 0 spiro atoms. The van der Waals surface area contributed by atoms with Crippen molar-refractivity contribution in [3.05, 3.63) is 64.7 Å². The molecule has 0 heterocycles. The molecule has 3 N–H and O–H groups in total. The highest BCUT2D eigenvalue weighted by molar-refractivity contribution is 14.0. The third kappa shape index (κ3) is 8.16. The molecular weight excluding hydrogens is 467 g/mol. The van der Waals surface area contributed by atoms with Gasteiger partial charge >= 0.3 is 6.09 Å². The van der Waals surface area contributed by atoms with Gasteiger partial charge in [-0.3, -0.25) is 10.3 Å². The van der Waals surface area contributed by atoms with Gasteiger partial charge in [0, 0.05) is 25.8 Å². The number of nitrogens with one attached hydrogen (secondary N) is 3. The van der Waals surface area contributed by atoms with E-state index in [-0.39, 0.29) is 24.0 Å². The summed E-state index contributed by atoms with van der Waals surface area (Å²) in [4.78, 5) is 15.4. The minimum absolute atomic E-state index is 0. The first-order valence-corrected chi connectivity index (χ1v) is 8.95. The zero-order chi connectivity index (χ0) is 19.6. The van der Waals surface area contributed by atoms with E-state index in [1.54, 1.807) is 7.05 Å². The van der Waals surface area contributed by atoms with Crippen LogP contribution < -0.4 is 16.0 Å². The fraction of sp³-hybridized carbons (Fsp3) is 0.333. The Kier molecular flexibility index (Phi) is 10.4. The maximum absolute atomic E-state index is 11.2. The quantitative estimate of drug-likeness (QED) is 0.321. The van der Waals surface area contributed by atoms with E-state index in [2.05, 4.69) is 57.7 Å². The molecule has 2 aromatic rings. The molecule has 0 fully saturated rings. The number of methoxy groups -OCH3 is 1. The van der Waals surface area contributed by atoms with E-state index in [1.807, 2.05) is 24.3 Å². The van der Waals surface area contributed by atoms with Crippen LogP contribution >= 0.6 is 24.0 Å². The van der Waals surface area contributed by atoms with Gasteiger partial charge in [0.15, 0.2) is 5.96 Å². The van der Waals surface area contributed by atoms with Gasteiger partial charge < -0.3 is 15.4 Å². The van der Waals surface area contributed by atoms with Gasteiger partial charge in [-0.1, -0.05) is 41.5 Å². The Balaban J connectivity index is 0.00000392. The van der Waals surface area contributed by atoms with Crippen LogP contribution in [0.1, 0.15) is 22.3 Å². The standard InChI is InChI=1S/C21H28N4O2.HI/c1-15-11-16(2)13-18(12-15)9-10-23-20(22-3)24-14-17-5-7-19(8-6-17)25-21(26)27-4;/h5-8,11-13H,9-10,14H2,1-4H3,(H,25,26)(H2,22,23,24);1H. The number of amides is 1. The summed E-state index contributed by atoms with van der Waals surface area (Å²) in [5, 5.41) is 9.26. The third-order valence-corrected chi connectivity index (χ3v) is 4.06. The Hall–Kier alpha value is -2.29. The summed E-state index contributed by atoms with van der Waals surface area (Å²) in [5.41, 5.74) is 5.68. The lowest BCUT2D eigenvalue weighted by Gasteiger charge is -2.13. The molecular formula is C21H29IN4O2. The van der Waals surface area contributed by atoms with Crippen molar-refractivity contribution in [2.45, 2.75) is 26.8 Å². The monoisotopic (exact) mass is 496 g/mol. The predicted molar refractivity (Wildman–Crippen MR) is 126 cm³/mol. The molecule has 0 atom stereocenters. The molecule has 0 saturated carbocycles. The molecule has 6 nitrogen and oxygen atoms in total. The maximum Gasteiger partial charge on any atom is 0.411 e. The number of benzene rings is 2. The van der Waals surface area contributed by atoms with E-state index >= 15 is 0 Å². The van der Waals surface area contributed by atoms with Gasteiger partial charge in [0.05, 0.1) is 7.11 Å². The third-order valence-electron chi connectivity index (χ3n) is 4.06. The van der Waals surface area contributed by atoms with E-state index in [1.165, 1.54) is 23.8 Å². The molecule has 2 rings (SSSR count). The maximum atomic E-state index is 11.2. The van der Waals surface area contributed by atoms with Crippen molar-refractivity contribution in [1.29, 1.82) is 0 Å². The summed E-state index contributed by atoms with van der Waals surface area (Å²) < 4.78 is 4.57. The minimum atomic E-state index is -0.478. The highest BCUT2D eigenvalue weighted by Crippen LogP contribution is 2.10. The lowest BCUT2D eigenvalue weighted by Crippen LogP contribution is -2.37. The van der Waals surface area contributed by atoms with E-state index < -0.39 is 6.09 Å². The Bertz CT molecular complexity index is 771. The molecule has 0 unspecified atom stereocenters. The van der Waals surface area contributed by atoms with Crippen molar-refractivity contribution in [1.82, 2.24) is 10.6 Å². The number of aryl methyl sites for hydroxylation is 2. The Morgan fingerprint density at radius 2 is 1.64 bits per heavy atom. The first kappa shape index (κ1) is 23.7. The number of aliphatic imine (C=N–C) groups is 1. The second kappa shape index (κ2) is 12.2. The number of rotatable bonds is 6. The zero-order valence-corrected chi connectivity index (χ0v) is 19.2. The molecule has 1 amide bonds. The average molecular weight is 496 g/mol. The smallest absolute Gasteiger partial charge is 0.411 e. The largest absolute Gasteiger partial charge is 0.453 e. The van der Waals surface area contributed by atoms with E-state index in [4.69, 9.17) is 0 Å². The number of carbonyl (C=O) groups excluding carboxylic acids is 1. The Morgan fingerprint density at radius 3 is 2.21 bits per heavy atom. The number of halogens is 1. The van der Waals surface area contributed by atoms with Crippen molar-refractivity contribution >= 4 is 41.7 Å². The number of hydrogen-bond donors (Lipinski definition) is 3. The number of anilines is 1. The van der Waals surface area contributed by atoms with Crippen molar-refractivity contribution in [2.24, 2.45) is 4.99 Å². The normalized spacial score (nSPS) is 10.6. The lowest BCUT2D eigenvalue weighted by atomic mass is 10.1. The van der Waals surface area contributed by atoms with Gasteiger partial charge in [-0.15, -0.1) is 24.0 Å². The molecule has 0 aliphatic heterocycles. The summed E-state index contributed by atoms with van der Waals surface area (Å²) in [5.74, 6) is 0.760. The highest BCUT2D eigenvalue weighted by atomic mass is 127. The summed E-state index contributed by atoms with van der Waals surface area (Å²) in [6.45, 7) is 5.69. The predicted octanol–water partition coefficient (Wildman–Crippen LogP) is 4.01. The fourth-order valence-electron chi connectivity index (χ4n) is 2.82. The van der Waals surface area contributed by atoms with Gasteiger partial charge in [0.1, 0.15) is 0 Å². The van der Waals surface area contributed by atoms with Gasteiger partial charge in [-0.25, -0.2) is 4.79 Å². The molecule has 0 saturated heterocycles. The summed E-state index contributed by atoms with van der Waals surface area (Å²) in [6, 6.07) is 14.2. The van der Waals surface area contributed by atoms with Crippen LogP contribution in [0, 0.1) is 13.8 Å². The highest BCUT2D eigenvalue weighted by Gasteiger charge is 2.02. The minimum Gasteiger partial charge on any atom is -0.453 e. The van der Waals surface area contributed by atoms with Gasteiger partial charge in [-0.05, 0) is 43.5 Å². The number of nitrogens with zero attached hydrogens (tertiary/aromatic N) is 1. The molecule has 0 aliphatic carbocycles. The number of carbonyl (C=O) groups is 1. The van der Waals surface area contributed by atoms with Gasteiger partial charge in [0.25, 0.3) is 0 Å². The number of ether oxygens (including phenoxy) is 1. The van der Waals surface area contributed by atoms with Crippen LogP contribution in [0.15, 0.2) is 47.5 Å². The van der Waals surface area contributed by atoms with Crippen LogP contribution in [0.2, 0.25) is 0 Å². The summed E-state index contributed by atoms with van der Waals surface area (Å²) >= 11 is 0. The second-order valence-electron chi connectivity index (χ2n) is 6.41. The van der Waals surface area contributed by atoms with Crippen LogP contribution in [0.3, 0.4) is 0 Å². The molecule has 0 aliphatic rings. The second-order valence-corrected chi connectivity index (χ2v) is 6.41. The van der Waals surface area contributed by atoms with Gasteiger partial charge in [0.2, 0.25) is 0 Å². The van der Waals surface area contributed by atoms with Crippen LogP contribution in [0.25, 0.3) is 0 Å². The molecule has 0 aromatic heterocycles. The number of hydrogen-bond acceptors (Lipinski definition) is 3. The first-order chi connectivity index (χ1) is 13.0. The topological polar surface area (TPSA) is 74.8 Å². The van der Waals surface area contributed by atoms with E-state index in [0.29, 0.717) is 12.2 Å². The van der Waals surface area contributed by atoms with Crippen LogP contribution in [0.5, 0.6) is 0 Å². The summed E-state index contributed by atoms with van der Waals surface area (Å²) in [6.07, 6.45) is 0.464. The number of guanidine groups is 1. The van der Waals surface area contributed by atoms with Crippen molar-refractivity contribution in [3.63, 3.8) is 0 Å². The van der Waals surface area contributed by atoms with Crippen molar-refractivity contribution < 1.29 is 9.53 Å². The van der Waals surface area contributed by atoms with Gasteiger partial charge in [-0.2, -0.15) is 0 Å². The average Bonchev–Trinajstić information content (AvgIpc) is 2.64. The Labute approximate surface area is 184 Å². The lowest BCUT2D eigenvalue weighted by molar-refractivity contribution is 0.187. The van der Waals surface area contributed by atoms with Crippen LogP contribution in [0.4, 0.5) is 10.5 Å². The first-order valence-electron chi connectivity index (χ1n) is 8.95.